The van der Waals surface area contributed by atoms with E-state index < -0.39 is 23.5 Å². The van der Waals surface area contributed by atoms with Crippen molar-refractivity contribution in [2.45, 2.75) is 38.8 Å². The van der Waals surface area contributed by atoms with Crippen LogP contribution in [0.2, 0.25) is 0 Å². The van der Waals surface area contributed by atoms with Crippen molar-refractivity contribution in [2.24, 2.45) is 5.73 Å². The smallest absolute Gasteiger partial charge is 0.329 e. The Bertz CT molecular complexity index is 328. The summed E-state index contributed by atoms with van der Waals surface area (Å²) in [5.74, 6) is -1.32. The minimum atomic E-state index is -0.792. The number of nitrogens with two attached hydrogens (primary N) is 1. The molecule has 0 radical (unpaired) electrons. The number of nitrogens with one attached hydrogen (secondary N) is 2. The zero-order chi connectivity index (χ0) is 14.3. The summed E-state index contributed by atoms with van der Waals surface area (Å²) in [5.41, 5.74) is 4.55. The lowest BCUT2D eigenvalue weighted by molar-refractivity contribution is -0.144. The van der Waals surface area contributed by atoms with Gasteiger partial charge in [-0.05, 0) is 13.8 Å². The zero-order valence-electron chi connectivity index (χ0n) is 11.2. The Morgan fingerprint density at radius 1 is 1.33 bits per heavy atom. The van der Waals surface area contributed by atoms with Gasteiger partial charge in [0.1, 0.15) is 6.04 Å². The van der Waals surface area contributed by atoms with E-state index in [4.69, 9.17) is 5.73 Å². The molecule has 0 spiro atoms. The van der Waals surface area contributed by atoms with E-state index in [0.29, 0.717) is 0 Å². The third-order valence-electron chi connectivity index (χ3n) is 2.26. The number of methoxy groups -OCH3 is 1. The first-order valence-electron chi connectivity index (χ1n) is 5.56. The van der Waals surface area contributed by atoms with E-state index in [-0.39, 0.29) is 18.9 Å². The lowest BCUT2D eigenvalue weighted by atomic mass is 10.00. The molecule has 0 rings (SSSR count). The molecule has 0 heterocycles. The quantitative estimate of drug-likeness (QED) is 0.503. The number of ether oxygens (including phenoxy) is 1. The van der Waals surface area contributed by atoms with Crippen LogP contribution in [-0.4, -0.2) is 43.0 Å². The van der Waals surface area contributed by atoms with Gasteiger partial charge < -0.3 is 21.1 Å². The van der Waals surface area contributed by atoms with E-state index in [1.165, 1.54) is 14.0 Å². The Labute approximate surface area is 106 Å². The first kappa shape index (κ1) is 16.4. The second-order valence-corrected chi connectivity index (χ2v) is 4.68. The number of amides is 2. The van der Waals surface area contributed by atoms with E-state index in [1.54, 1.807) is 13.8 Å². The van der Waals surface area contributed by atoms with Crippen LogP contribution in [0.1, 0.15) is 27.2 Å². The van der Waals surface area contributed by atoms with Gasteiger partial charge in [0, 0.05) is 25.4 Å². The topological polar surface area (TPSA) is 111 Å². The lowest BCUT2D eigenvalue weighted by Crippen LogP contribution is -2.53. The van der Waals surface area contributed by atoms with E-state index in [1.807, 2.05) is 0 Å². The summed E-state index contributed by atoms with van der Waals surface area (Å²) in [6, 6.07) is -0.792. The second-order valence-electron chi connectivity index (χ2n) is 4.68. The molecule has 0 aliphatic rings. The normalized spacial score (nSPS) is 12.7. The molecule has 0 saturated heterocycles. The van der Waals surface area contributed by atoms with Crippen LogP contribution in [0.15, 0.2) is 0 Å². The maximum Gasteiger partial charge on any atom is 0.329 e. The van der Waals surface area contributed by atoms with E-state index >= 15 is 0 Å². The summed E-state index contributed by atoms with van der Waals surface area (Å²) in [6.07, 6.45) is 0.126. The first-order valence-corrected chi connectivity index (χ1v) is 5.56. The van der Waals surface area contributed by atoms with Gasteiger partial charge in [-0.25, -0.2) is 4.79 Å². The second kappa shape index (κ2) is 6.95. The van der Waals surface area contributed by atoms with Crippen molar-refractivity contribution in [2.75, 3.05) is 13.7 Å². The standard InChI is InChI=1S/C11H21N3O4/c1-7(15)14-8(10(17)18-4)6-13-11(2,3)5-9(12)16/h8,13H,5-6H2,1-4H3,(H2,12,16)(H,14,15). The largest absolute Gasteiger partial charge is 0.467 e. The molecule has 1 unspecified atom stereocenters. The van der Waals surface area contributed by atoms with Crippen molar-refractivity contribution in [3.63, 3.8) is 0 Å². The molecule has 0 fully saturated rings. The van der Waals surface area contributed by atoms with Crippen molar-refractivity contribution in [1.82, 2.24) is 10.6 Å². The Morgan fingerprint density at radius 2 is 1.89 bits per heavy atom. The minimum absolute atomic E-state index is 0.126. The summed E-state index contributed by atoms with van der Waals surface area (Å²) in [5, 5.41) is 5.46. The van der Waals surface area contributed by atoms with Crippen molar-refractivity contribution < 1.29 is 19.1 Å². The molecule has 1 atom stereocenters. The Balaban J connectivity index is 4.46. The Morgan fingerprint density at radius 3 is 2.28 bits per heavy atom. The predicted molar refractivity (Wildman–Crippen MR) is 65.5 cm³/mol. The van der Waals surface area contributed by atoms with Crippen LogP contribution in [0.25, 0.3) is 0 Å². The number of rotatable bonds is 7. The van der Waals surface area contributed by atoms with Crippen molar-refractivity contribution in [3.05, 3.63) is 0 Å². The van der Waals surface area contributed by atoms with Crippen LogP contribution in [-0.2, 0) is 19.1 Å². The molecule has 0 aromatic heterocycles. The van der Waals surface area contributed by atoms with Crippen molar-refractivity contribution in [3.8, 4) is 0 Å². The highest BCUT2D eigenvalue weighted by Gasteiger charge is 2.25. The van der Waals surface area contributed by atoms with Gasteiger partial charge >= 0.3 is 5.97 Å². The summed E-state index contributed by atoms with van der Waals surface area (Å²) < 4.78 is 4.57. The summed E-state index contributed by atoms with van der Waals surface area (Å²) in [7, 11) is 1.24. The lowest BCUT2D eigenvalue weighted by Gasteiger charge is -2.27. The number of hydrogen-bond acceptors (Lipinski definition) is 5. The average molecular weight is 259 g/mol. The number of carbonyl (C=O) groups is 3. The molecule has 4 N–H and O–H groups in total. The van der Waals surface area contributed by atoms with Crippen molar-refractivity contribution >= 4 is 17.8 Å². The fourth-order valence-corrected chi connectivity index (χ4v) is 1.46. The van der Waals surface area contributed by atoms with E-state index in [0.717, 1.165) is 0 Å². The molecule has 104 valence electrons. The molecule has 0 aromatic rings. The molecule has 2 amide bonds. The fourth-order valence-electron chi connectivity index (χ4n) is 1.46. The fraction of sp³-hybridized carbons (Fsp3) is 0.727. The molecule has 0 aromatic carbocycles. The van der Waals surface area contributed by atoms with E-state index in [2.05, 4.69) is 15.4 Å². The van der Waals surface area contributed by atoms with Gasteiger partial charge in [-0.1, -0.05) is 0 Å². The summed E-state index contributed by atoms with van der Waals surface area (Å²) in [4.78, 5) is 33.2. The summed E-state index contributed by atoms with van der Waals surface area (Å²) in [6.45, 7) is 5.02. The van der Waals surface area contributed by atoms with Crippen LogP contribution in [0.3, 0.4) is 0 Å². The Hall–Kier alpha value is -1.63. The molecule has 18 heavy (non-hydrogen) atoms. The SMILES string of the molecule is COC(=O)C(CNC(C)(C)CC(N)=O)NC(C)=O. The predicted octanol–water partition coefficient (Wildman–Crippen LogP) is -1.09. The molecular formula is C11H21N3O4. The number of carbonyl (C=O) groups excluding carboxylic acids is 3. The van der Waals surface area contributed by atoms with Crippen LogP contribution >= 0.6 is 0 Å². The van der Waals surface area contributed by atoms with Crippen LogP contribution < -0.4 is 16.4 Å². The number of hydrogen-bond donors (Lipinski definition) is 3. The van der Waals surface area contributed by atoms with Crippen LogP contribution in [0, 0.1) is 0 Å². The highest BCUT2D eigenvalue weighted by Crippen LogP contribution is 2.07. The average Bonchev–Trinajstić information content (AvgIpc) is 2.20. The third kappa shape index (κ3) is 6.85. The van der Waals surface area contributed by atoms with Gasteiger partial charge in [0.05, 0.1) is 7.11 Å². The molecule has 0 saturated carbocycles. The molecule has 7 heteroatoms. The van der Waals surface area contributed by atoms with E-state index in [9.17, 15) is 14.4 Å². The van der Waals surface area contributed by atoms with Crippen LogP contribution in [0.5, 0.6) is 0 Å². The summed E-state index contributed by atoms with van der Waals surface area (Å²) >= 11 is 0. The van der Waals surface area contributed by atoms with Gasteiger partial charge in [-0.2, -0.15) is 0 Å². The zero-order valence-corrected chi connectivity index (χ0v) is 11.2. The Kier molecular flexibility index (Phi) is 6.32. The molecule has 0 aliphatic carbocycles. The van der Waals surface area contributed by atoms with Gasteiger partial charge in [-0.3, -0.25) is 9.59 Å². The molecular weight excluding hydrogens is 238 g/mol. The minimum Gasteiger partial charge on any atom is -0.467 e. The van der Waals surface area contributed by atoms with Gasteiger partial charge in [-0.15, -0.1) is 0 Å². The number of esters is 1. The monoisotopic (exact) mass is 259 g/mol. The van der Waals surface area contributed by atoms with Crippen LogP contribution in [0.4, 0.5) is 0 Å². The first-order chi connectivity index (χ1) is 8.18. The van der Waals surface area contributed by atoms with Gasteiger partial charge in [0.25, 0.3) is 0 Å². The molecule has 0 bridgehead atoms. The maximum absolute atomic E-state index is 11.4. The van der Waals surface area contributed by atoms with Gasteiger partial charge in [0.15, 0.2) is 0 Å². The molecule has 7 nitrogen and oxygen atoms in total. The third-order valence-corrected chi connectivity index (χ3v) is 2.26. The molecule has 0 aliphatic heterocycles. The van der Waals surface area contributed by atoms with Gasteiger partial charge in [0.2, 0.25) is 11.8 Å². The maximum atomic E-state index is 11.4. The van der Waals surface area contributed by atoms with Crippen molar-refractivity contribution in [1.29, 1.82) is 0 Å². The number of primary amides is 1. The highest BCUT2D eigenvalue weighted by molar-refractivity contribution is 5.83. The highest BCUT2D eigenvalue weighted by atomic mass is 16.5.